The molecule has 4 fully saturated rings. The highest BCUT2D eigenvalue weighted by Gasteiger charge is 2.64. The fourth-order valence-electron chi connectivity index (χ4n) is 8.82. The van der Waals surface area contributed by atoms with E-state index in [0.717, 1.165) is 44.9 Å². The average molecular weight is 409 g/mol. The maximum atomic E-state index is 11.3. The molecule has 0 aliphatic heterocycles. The van der Waals surface area contributed by atoms with Crippen LogP contribution in [-0.4, -0.2) is 44.7 Å². The molecule has 11 atom stereocenters. The van der Waals surface area contributed by atoms with Crippen LogP contribution in [0.1, 0.15) is 78.6 Å². The van der Waals surface area contributed by atoms with E-state index in [9.17, 15) is 20.1 Å². The van der Waals surface area contributed by atoms with E-state index in [1.807, 2.05) is 0 Å². The number of hydrogen-bond acceptors (Lipinski definition) is 4. The Bertz CT molecular complexity index is 637. The third-order valence-corrected chi connectivity index (χ3v) is 10.2. The minimum Gasteiger partial charge on any atom is -0.481 e. The van der Waals surface area contributed by atoms with Crippen LogP contribution in [0.15, 0.2) is 0 Å². The zero-order chi connectivity index (χ0) is 21.1. The second-order valence-electron chi connectivity index (χ2n) is 11.5. The Labute approximate surface area is 174 Å². The summed E-state index contributed by atoms with van der Waals surface area (Å²) >= 11 is 0. The molecule has 5 heteroatoms. The van der Waals surface area contributed by atoms with Crippen LogP contribution in [0, 0.1) is 46.3 Å². The topological polar surface area (TPSA) is 98.0 Å². The molecule has 166 valence electrons. The van der Waals surface area contributed by atoms with Crippen molar-refractivity contribution in [2.24, 2.45) is 46.3 Å². The fourth-order valence-corrected chi connectivity index (χ4v) is 8.82. The van der Waals surface area contributed by atoms with Gasteiger partial charge in [-0.15, -0.1) is 0 Å². The molecule has 4 N–H and O–H groups in total. The summed E-state index contributed by atoms with van der Waals surface area (Å²) in [4.78, 5) is 11.1. The Morgan fingerprint density at radius 3 is 2.34 bits per heavy atom. The van der Waals surface area contributed by atoms with Gasteiger partial charge in [0.2, 0.25) is 0 Å². The highest BCUT2D eigenvalue weighted by atomic mass is 16.4. The normalized spacial score (nSPS) is 52.9. The lowest BCUT2D eigenvalue weighted by Crippen LogP contribution is -2.58. The minimum absolute atomic E-state index is 0.0309. The average Bonchev–Trinajstić information content (AvgIpc) is 2.91. The van der Waals surface area contributed by atoms with Crippen molar-refractivity contribution in [1.29, 1.82) is 0 Å². The standard InChI is InChI=1S/C24H40O5/c1-13(4-5-20(28)29)22-19(27)12-17-21-16(7-9-24(17,22)3)23(2)8-6-15(25)10-14(23)11-18(21)26/h13-19,21-22,25-27H,4-12H2,1-3H3,(H,28,29)/t13-,14-,15-,16+,17+,18-,19-,21-,22+,23+,24+/m1/s1. The summed E-state index contributed by atoms with van der Waals surface area (Å²) < 4.78 is 0. The second-order valence-corrected chi connectivity index (χ2v) is 11.5. The van der Waals surface area contributed by atoms with E-state index in [1.54, 1.807) is 0 Å². The lowest BCUT2D eigenvalue weighted by atomic mass is 9.43. The molecule has 0 aromatic carbocycles. The maximum Gasteiger partial charge on any atom is 0.303 e. The molecule has 4 aliphatic rings. The van der Waals surface area contributed by atoms with Crippen molar-refractivity contribution in [3.8, 4) is 0 Å². The predicted octanol–water partition coefficient (Wildman–Crippen LogP) is 3.45. The molecule has 0 aromatic heterocycles. The number of carbonyl (C=O) groups is 1. The van der Waals surface area contributed by atoms with Gasteiger partial charge in [-0.25, -0.2) is 0 Å². The molecule has 0 spiro atoms. The number of fused-ring (bicyclic) bond motifs is 5. The van der Waals surface area contributed by atoms with Crippen molar-refractivity contribution in [2.75, 3.05) is 0 Å². The SMILES string of the molecule is C[C@H](CCC(=O)O)[C@H]1[C@H](O)C[C@H]2[C@@H]3[C@H](O)C[C@H]4C[C@H](O)CC[C@]4(C)[C@H]3CC[C@]12C. The number of rotatable bonds is 4. The van der Waals surface area contributed by atoms with Crippen LogP contribution in [0.25, 0.3) is 0 Å². The zero-order valence-electron chi connectivity index (χ0n) is 18.3. The smallest absolute Gasteiger partial charge is 0.303 e. The molecule has 4 aliphatic carbocycles. The molecule has 29 heavy (non-hydrogen) atoms. The number of hydrogen-bond donors (Lipinski definition) is 4. The third-order valence-electron chi connectivity index (χ3n) is 10.2. The highest BCUT2D eigenvalue weighted by Crippen LogP contribution is 2.68. The van der Waals surface area contributed by atoms with Gasteiger partial charge in [-0.3, -0.25) is 4.79 Å². The molecule has 0 amide bonds. The highest BCUT2D eigenvalue weighted by molar-refractivity contribution is 5.66. The van der Waals surface area contributed by atoms with Crippen molar-refractivity contribution in [2.45, 2.75) is 96.9 Å². The molecule has 5 nitrogen and oxygen atoms in total. The van der Waals surface area contributed by atoms with Crippen molar-refractivity contribution in [1.82, 2.24) is 0 Å². The van der Waals surface area contributed by atoms with E-state index in [1.165, 1.54) is 0 Å². The van der Waals surface area contributed by atoms with E-state index < -0.39 is 12.1 Å². The van der Waals surface area contributed by atoms with Crippen LogP contribution in [0.2, 0.25) is 0 Å². The van der Waals surface area contributed by atoms with Crippen molar-refractivity contribution < 1.29 is 25.2 Å². The zero-order valence-corrected chi connectivity index (χ0v) is 18.3. The van der Waals surface area contributed by atoms with Crippen LogP contribution in [0.5, 0.6) is 0 Å². The summed E-state index contributed by atoms with van der Waals surface area (Å²) in [6.07, 6.45) is 6.14. The van der Waals surface area contributed by atoms with Gasteiger partial charge < -0.3 is 20.4 Å². The Morgan fingerprint density at radius 1 is 0.966 bits per heavy atom. The Balaban J connectivity index is 1.59. The number of carboxylic acids is 1. The molecule has 0 aromatic rings. The van der Waals surface area contributed by atoms with Gasteiger partial charge in [-0.2, -0.15) is 0 Å². The summed E-state index contributed by atoms with van der Waals surface area (Å²) in [5.74, 6) is 0.881. The van der Waals surface area contributed by atoms with E-state index in [0.29, 0.717) is 24.2 Å². The Morgan fingerprint density at radius 2 is 1.66 bits per heavy atom. The third kappa shape index (κ3) is 3.36. The molecule has 4 rings (SSSR count). The predicted molar refractivity (Wildman–Crippen MR) is 110 cm³/mol. The summed E-state index contributed by atoms with van der Waals surface area (Å²) in [5, 5.41) is 41.6. The van der Waals surface area contributed by atoms with Gasteiger partial charge in [-0.05, 0) is 97.7 Å². The van der Waals surface area contributed by atoms with Crippen LogP contribution in [0.3, 0.4) is 0 Å². The first-order valence-electron chi connectivity index (χ1n) is 11.8. The van der Waals surface area contributed by atoms with Gasteiger partial charge in [0.05, 0.1) is 18.3 Å². The van der Waals surface area contributed by atoms with Crippen LogP contribution in [0.4, 0.5) is 0 Å². The summed E-state index contributed by atoms with van der Waals surface area (Å²) in [7, 11) is 0. The van der Waals surface area contributed by atoms with E-state index in [-0.39, 0.29) is 47.2 Å². The van der Waals surface area contributed by atoms with Crippen LogP contribution < -0.4 is 0 Å². The quantitative estimate of drug-likeness (QED) is 0.571. The van der Waals surface area contributed by atoms with Crippen molar-refractivity contribution in [3.05, 3.63) is 0 Å². The monoisotopic (exact) mass is 408 g/mol. The lowest BCUT2D eigenvalue weighted by Gasteiger charge is -2.62. The van der Waals surface area contributed by atoms with Gasteiger partial charge in [-0.1, -0.05) is 20.8 Å². The first-order chi connectivity index (χ1) is 13.6. The van der Waals surface area contributed by atoms with Gasteiger partial charge in [0.1, 0.15) is 0 Å². The van der Waals surface area contributed by atoms with E-state index in [2.05, 4.69) is 20.8 Å². The number of aliphatic carboxylic acids is 1. The summed E-state index contributed by atoms with van der Waals surface area (Å²) in [6, 6.07) is 0. The fraction of sp³-hybridized carbons (Fsp3) is 0.958. The number of aliphatic hydroxyl groups excluding tert-OH is 3. The van der Waals surface area contributed by atoms with Gasteiger partial charge in [0.25, 0.3) is 0 Å². The first kappa shape index (κ1) is 21.6. The molecular formula is C24H40O5. The Hall–Kier alpha value is -0.650. The van der Waals surface area contributed by atoms with Crippen LogP contribution in [-0.2, 0) is 4.79 Å². The summed E-state index contributed by atoms with van der Waals surface area (Å²) in [5.41, 5.74) is 0.152. The molecule has 4 saturated carbocycles. The molecule has 0 unspecified atom stereocenters. The number of aliphatic hydroxyl groups is 3. The van der Waals surface area contributed by atoms with E-state index >= 15 is 0 Å². The van der Waals surface area contributed by atoms with Gasteiger partial charge in [0, 0.05) is 6.42 Å². The molecule has 0 bridgehead atoms. The van der Waals surface area contributed by atoms with Gasteiger partial charge in [0.15, 0.2) is 0 Å². The first-order valence-corrected chi connectivity index (χ1v) is 11.8. The second kappa shape index (κ2) is 7.49. The maximum absolute atomic E-state index is 11.3. The van der Waals surface area contributed by atoms with E-state index in [4.69, 9.17) is 5.11 Å². The van der Waals surface area contributed by atoms with Crippen molar-refractivity contribution in [3.63, 3.8) is 0 Å². The number of carboxylic acid groups (broad SMARTS) is 1. The lowest BCUT2D eigenvalue weighted by molar-refractivity contribution is -0.174. The van der Waals surface area contributed by atoms with Gasteiger partial charge >= 0.3 is 5.97 Å². The minimum atomic E-state index is -0.768. The Kier molecular flexibility index (Phi) is 5.57. The molecule has 0 radical (unpaired) electrons. The summed E-state index contributed by atoms with van der Waals surface area (Å²) in [6.45, 7) is 6.81. The van der Waals surface area contributed by atoms with Crippen LogP contribution >= 0.6 is 0 Å². The van der Waals surface area contributed by atoms with Crippen molar-refractivity contribution >= 4 is 5.97 Å². The largest absolute Gasteiger partial charge is 0.481 e. The molecule has 0 saturated heterocycles. The molecule has 0 heterocycles. The molecular weight excluding hydrogens is 368 g/mol.